The molecule has 1 atom stereocenters. The van der Waals surface area contributed by atoms with Crippen molar-refractivity contribution < 1.29 is 14.4 Å². The lowest BCUT2D eigenvalue weighted by Crippen LogP contribution is -2.51. The molecule has 1 N–H and O–H groups in total. The molecule has 31 heavy (non-hydrogen) atoms. The summed E-state index contributed by atoms with van der Waals surface area (Å²) < 4.78 is 0. The first-order valence-corrected chi connectivity index (χ1v) is 11.7. The van der Waals surface area contributed by atoms with Crippen molar-refractivity contribution in [1.82, 2.24) is 5.32 Å². The average Bonchev–Trinajstić information content (AvgIpc) is 3.45. The smallest absolute Gasteiger partial charge is 0.269 e. The van der Waals surface area contributed by atoms with Crippen LogP contribution in [0.3, 0.4) is 0 Å². The Labute approximate surface area is 186 Å². The predicted octanol–water partition coefficient (Wildman–Crippen LogP) is 3.33. The normalized spacial score (nSPS) is 23.1. The first-order valence-electron chi connectivity index (χ1n) is 10.8. The van der Waals surface area contributed by atoms with Crippen LogP contribution in [0.25, 0.3) is 0 Å². The van der Waals surface area contributed by atoms with Crippen molar-refractivity contribution in [1.29, 1.82) is 0 Å². The fraction of sp³-hybridized carbons (Fsp3) is 0.375. The minimum absolute atomic E-state index is 0.0371. The van der Waals surface area contributed by atoms with Crippen LogP contribution >= 0.6 is 11.8 Å². The SMILES string of the molecule is Cc1ccc(N2C(=O)CS[C@]23C(=O)N(CC(=O)NC2CCCC2)c2ccccc23)cc1. The number of nitrogens with zero attached hydrogens (tertiary/aromatic N) is 2. The zero-order chi connectivity index (χ0) is 21.6. The van der Waals surface area contributed by atoms with Crippen molar-refractivity contribution in [2.45, 2.75) is 43.5 Å². The van der Waals surface area contributed by atoms with Crippen LogP contribution in [0.4, 0.5) is 11.4 Å². The van der Waals surface area contributed by atoms with Crippen molar-refractivity contribution >= 4 is 40.9 Å². The first-order chi connectivity index (χ1) is 15.0. The number of aryl methyl sites for hydroxylation is 1. The summed E-state index contributed by atoms with van der Waals surface area (Å²) in [4.78, 5) is 41.6. The van der Waals surface area contributed by atoms with Gasteiger partial charge < -0.3 is 5.32 Å². The topological polar surface area (TPSA) is 69.7 Å². The first kappa shape index (κ1) is 20.1. The van der Waals surface area contributed by atoms with Crippen molar-refractivity contribution in [2.75, 3.05) is 22.1 Å². The molecule has 5 rings (SSSR count). The van der Waals surface area contributed by atoms with Crippen LogP contribution < -0.4 is 15.1 Å². The Morgan fingerprint density at radius 3 is 2.55 bits per heavy atom. The number of benzene rings is 2. The quantitative estimate of drug-likeness (QED) is 0.800. The number of fused-ring (bicyclic) bond motifs is 2. The Hall–Kier alpha value is -2.80. The molecule has 1 saturated heterocycles. The van der Waals surface area contributed by atoms with Crippen LogP contribution in [0.5, 0.6) is 0 Å². The van der Waals surface area contributed by atoms with Gasteiger partial charge in [0.2, 0.25) is 16.7 Å². The van der Waals surface area contributed by atoms with Gasteiger partial charge in [-0.1, -0.05) is 48.7 Å². The molecule has 2 fully saturated rings. The minimum atomic E-state index is -1.17. The summed E-state index contributed by atoms with van der Waals surface area (Å²) in [5.74, 6) is -0.264. The maximum absolute atomic E-state index is 13.9. The summed E-state index contributed by atoms with van der Waals surface area (Å²) >= 11 is 1.34. The second-order valence-corrected chi connectivity index (χ2v) is 9.62. The highest BCUT2D eigenvalue weighted by Gasteiger charge is 2.61. The third-order valence-electron chi connectivity index (χ3n) is 6.38. The molecule has 0 aromatic heterocycles. The summed E-state index contributed by atoms with van der Waals surface area (Å²) in [6, 6.07) is 15.3. The number of thioether (sulfide) groups is 1. The summed E-state index contributed by atoms with van der Waals surface area (Å²) in [6.45, 7) is 1.95. The molecule has 3 aliphatic rings. The van der Waals surface area contributed by atoms with E-state index >= 15 is 0 Å². The van der Waals surface area contributed by atoms with E-state index in [1.165, 1.54) is 11.8 Å². The third-order valence-corrected chi connectivity index (χ3v) is 7.76. The highest BCUT2D eigenvalue weighted by Crippen LogP contribution is 2.55. The monoisotopic (exact) mass is 435 g/mol. The van der Waals surface area contributed by atoms with Crippen LogP contribution in [-0.4, -0.2) is 36.1 Å². The van der Waals surface area contributed by atoms with E-state index in [4.69, 9.17) is 0 Å². The molecule has 0 radical (unpaired) electrons. The van der Waals surface area contributed by atoms with E-state index in [9.17, 15) is 14.4 Å². The molecule has 2 aromatic carbocycles. The maximum Gasteiger partial charge on any atom is 0.269 e. The summed E-state index contributed by atoms with van der Waals surface area (Å²) in [5, 5.41) is 3.07. The lowest BCUT2D eigenvalue weighted by Gasteiger charge is -2.33. The maximum atomic E-state index is 13.9. The third kappa shape index (κ3) is 3.22. The zero-order valence-electron chi connectivity index (χ0n) is 17.5. The molecule has 2 heterocycles. The lowest BCUT2D eigenvalue weighted by atomic mass is 10.0. The fourth-order valence-electron chi connectivity index (χ4n) is 4.89. The van der Waals surface area contributed by atoms with Gasteiger partial charge in [-0.15, -0.1) is 11.8 Å². The number of amides is 3. The van der Waals surface area contributed by atoms with E-state index < -0.39 is 4.87 Å². The van der Waals surface area contributed by atoms with Crippen molar-refractivity contribution in [2.24, 2.45) is 0 Å². The van der Waals surface area contributed by atoms with Crippen molar-refractivity contribution in [3.63, 3.8) is 0 Å². The number of carbonyl (C=O) groups is 3. The van der Waals surface area contributed by atoms with Gasteiger partial charge in [-0.3, -0.25) is 24.2 Å². The van der Waals surface area contributed by atoms with Gasteiger partial charge in [0.15, 0.2) is 0 Å². The van der Waals surface area contributed by atoms with Crippen LogP contribution in [0.15, 0.2) is 48.5 Å². The van der Waals surface area contributed by atoms with E-state index in [0.29, 0.717) is 11.4 Å². The molecule has 1 spiro atoms. The van der Waals surface area contributed by atoms with E-state index in [-0.39, 0.29) is 36.1 Å². The molecular weight excluding hydrogens is 410 g/mol. The van der Waals surface area contributed by atoms with Gasteiger partial charge in [0, 0.05) is 17.3 Å². The largest absolute Gasteiger partial charge is 0.352 e. The van der Waals surface area contributed by atoms with Crippen molar-refractivity contribution in [3.8, 4) is 0 Å². The molecule has 1 aliphatic carbocycles. The van der Waals surface area contributed by atoms with Gasteiger partial charge in [-0.25, -0.2) is 0 Å². The van der Waals surface area contributed by atoms with Gasteiger partial charge in [0.1, 0.15) is 6.54 Å². The van der Waals surface area contributed by atoms with Gasteiger partial charge in [0.25, 0.3) is 5.91 Å². The molecular formula is C24H25N3O3S. The second-order valence-electron chi connectivity index (χ2n) is 8.45. The second kappa shape index (κ2) is 7.71. The van der Waals surface area contributed by atoms with Crippen LogP contribution in [0.2, 0.25) is 0 Å². The van der Waals surface area contributed by atoms with Gasteiger partial charge in [-0.2, -0.15) is 0 Å². The number of nitrogens with one attached hydrogen (secondary N) is 1. The Morgan fingerprint density at radius 2 is 1.81 bits per heavy atom. The van der Waals surface area contributed by atoms with Gasteiger partial charge in [0.05, 0.1) is 11.4 Å². The highest BCUT2D eigenvalue weighted by molar-refractivity contribution is 8.02. The number of para-hydroxylation sites is 1. The van der Waals surface area contributed by atoms with Gasteiger partial charge >= 0.3 is 0 Å². The molecule has 2 aliphatic heterocycles. The molecule has 2 aromatic rings. The van der Waals surface area contributed by atoms with Crippen LogP contribution in [-0.2, 0) is 19.3 Å². The number of anilines is 2. The summed E-state index contributed by atoms with van der Waals surface area (Å²) in [5.41, 5.74) is 3.25. The number of hydrogen-bond acceptors (Lipinski definition) is 4. The van der Waals surface area contributed by atoms with E-state index in [2.05, 4.69) is 5.32 Å². The fourth-order valence-corrected chi connectivity index (χ4v) is 6.25. The molecule has 0 unspecified atom stereocenters. The molecule has 160 valence electrons. The molecule has 6 nitrogen and oxygen atoms in total. The van der Waals surface area contributed by atoms with Gasteiger partial charge in [-0.05, 0) is 38.0 Å². The Morgan fingerprint density at radius 1 is 1.10 bits per heavy atom. The average molecular weight is 436 g/mol. The molecule has 7 heteroatoms. The lowest BCUT2D eigenvalue weighted by molar-refractivity contribution is -0.126. The van der Waals surface area contributed by atoms with Crippen molar-refractivity contribution in [3.05, 3.63) is 59.7 Å². The zero-order valence-corrected chi connectivity index (χ0v) is 18.3. The van der Waals surface area contributed by atoms with E-state index in [0.717, 1.165) is 36.8 Å². The standard InChI is InChI=1S/C24H25N3O3S/c1-16-10-12-18(13-11-16)27-22(29)15-31-24(27)19-8-4-5-9-20(19)26(23(24)30)14-21(28)25-17-6-2-3-7-17/h4-5,8-13,17H,2-3,6-7,14-15H2,1H3,(H,25,28)/t24-/m1/s1. The van der Waals surface area contributed by atoms with E-state index in [1.54, 1.807) is 9.80 Å². The molecule has 0 bridgehead atoms. The predicted molar refractivity (Wildman–Crippen MR) is 122 cm³/mol. The Balaban J connectivity index is 1.51. The Bertz CT molecular complexity index is 1050. The Kier molecular flexibility index (Phi) is 5.01. The minimum Gasteiger partial charge on any atom is -0.352 e. The number of carbonyl (C=O) groups excluding carboxylic acids is 3. The molecule has 3 amide bonds. The van der Waals surface area contributed by atoms with E-state index in [1.807, 2.05) is 55.5 Å². The number of rotatable bonds is 4. The molecule has 1 saturated carbocycles. The summed E-state index contributed by atoms with van der Waals surface area (Å²) in [7, 11) is 0. The highest BCUT2D eigenvalue weighted by atomic mass is 32.2. The number of hydrogen-bond donors (Lipinski definition) is 1. The van der Waals surface area contributed by atoms with Crippen LogP contribution in [0, 0.1) is 6.92 Å². The van der Waals surface area contributed by atoms with Crippen LogP contribution in [0.1, 0.15) is 36.8 Å². The summed E-state index contributed by atoms with van der Waals surface area (Å²) in [6.07, 6.45) is 4.24.